The normalized spacial score (nSPS) is 10.4. The van der Waals surface area contributed by atoms with Crippen LogP contribution in [0, 0.1) is 17.0 Å². The molecule has 1 N–H and O–H groups in total. The largest absolute Gasteiger partial charge is 0.334 e. The SMILES string of the molecule is Cc1nc(CN(C)C(=O)c2cc(Cl)cc([N+](=O)[O-])c2)n[nH]1. The van der Waals surface area contributed by atoms with E-state index in [1.807, 2.05) is 0 Å². The summed E-state index contributed by atoms with van der Waals surface area (Å²) in [6, 6.07) is 3.77. The molecule has 0 bridgehead atoms. The molecule has 0 fully saturated rings. The van der Waals surface area contributed by atoms with Crippen LogP contribution in [0.3, 0.4) is 0 Å². The van der Waals surface area contributed by atoms with Gasteiger partial charge in [0.2, 0.25) is 0 Å². The number of nitro groups is 1. The lowest BCUT2D eigenvalue weighted by molar-refractivity contribution is -0.384. The molecule has 0 radical (unpaired) electrons. The van der Waals surface area contributed by atoms with E-state index in [1.165, 1.54) is 23.1 Å². The standard InChI is InChI=1S/C12H12ClN5O3/c1-7-14-11(16-15-7)6-17(2)12(19)8-3-9(13)5-10(4-8)18(20)21/h3-5H,6H2,1-2H3,(H,14,15,16). The number of rotatable bonds is 4. The molecule has 9 heteroatoms. The minimum absolute atomic E-state index is 0.134. The lowest BCUT2D eigenvalue weighted by Crippen LogP contribution is -2.26. The van der Waals surface area contributed by atoms with Crippen LogP contribution in [0.4, 0.5) is 5.69 Å². The van der Waals surface area contributed by atoms with Crippen molar-refractivity contribution in [1.82, 2.24) is 20.1 Å². The van der Waals surface area contributed by atoms with E-state index in [4.69, 9.17) is 11.6 Å². The number of nitrogens with one attached hydrogen (secondary N) is 1. The molecule has 0 atom stereocenters. The second-order valence-electron chi connectivity index (χ2n) is 4.45. The van der Waals surface area contributed by atoms with E-state index in [-0.39, 0.29) is 22.8 Å². The summed E-state index contributed by atoms with van der Waals surface area (Å²) >= 11 is 5.80. The number of benzene rings is 1. The summed E-state index contributed by atoms with van der Waals surface area (Å²) in [6.07, 6.45) is 0. The van der Waals surface area contributed by atoms with Gasteiger partial charge in [0.05, 0.1) is 11.5 Å². The number of non-ortho nitro benzene ring substituents is 1. The van der Waals surface area contributed by atoms with Crippen molar-refractivity contribution >= 4 is 23.2 Å². The third-order valence-electron chi connectivity index (χ3n) is 2.71. The predicted octanol–water partition coefficient (Wildman–Crippen LogP) is 1.95. The van der Waals surface area contributed by atoms with Crippen LogP contribution in [0.15, 0.2) is 18.2 Å². The zero-order chi connectivity index (χ0) is 15.6. The summed E-state index contributed by atoms with van der Waals surface area (Å²) in [5.74, 6) is 0.701. The molecule has 2 aromatic rings. The second kappa shape index (κ2) is 5.88. The molecule has 0 aliphatic rings. The summed E-state index contributed by atoms with van der Waals surface area (Å²) in [4.78, 5) is 27.9. The van der Waals surface area contributed by atoms with Gasteiger partial charge in [0.15, 0.2) is 5.82 Å². The van der Waals surface area contributed by atoms with Gasteiger partial charge in [-0.1, -0.05) is 11.6 Å². The molecular weight excluding hydrogens is 298 g/mol. The zero-order valence-corrected chi connectivity index (χ0v) is 12.1. The Kier molecular flexibility index (Phi) is 4.18. The number of carbonyl (C=O) groups excluding carboxylic acids is 1. The summed E-state index contributed by atoms with van der Waals surface area (Å²) in [7, 11) is 1.56. The Labute approximate surface area is 124 Å². The van der Waals surface area contributed by atoms with Crippen molar-refractivity contribution in [3.05, 3.63) is 50.5 Å². The van der Waals surface area contributed by atoms with Crippen molar-refractivity contribution in [2.75, 3.05) is 7.05 Å². The molecule has 0 spiro atoms. The topological polar surface area (TPSA) is 105 Å². The quantitative estimate of drug-likeness (QED) is 0.686. The summed E-state index contributed by atoms with van der Waals surface area (Å²) in [6.45, 7) is 1.93. The Morgan fingerprint density at radius 2 is 2.19 bits per heavy atom. The molecule has 21 heavy (non-hydrogen) atoms. The highest BCUT2D eigenvalue weighted by atomic mass is 35.5. The van der Waals surface area contributed by atoms with Crippen molar-refractivity contribution < 1.29 is 9.72 Å². The minimum atomic E-state index is -0.596. The van der Waals surface area contributed by atoms with Gasteiger partial charge >= 0.3 is 0 Å². The highest BCUT2D eigenvalue weighted by Crippen LogP contribution is 2.22. The molecule has 0 saturated heterocycles. The van der Waals surface area contributed by atoms with Crippen LogP contribution in [0.25, 0.3) is 0 Å². The highest BCUT2D eigenvalue weighted by Gasteiger charge is 2.18. The Balaban J connectivity index is 2.20. The van der Waals surface area contributed by atoms with Crippen LogP contribution >= 0.6 is 11.6 Å². The number of hydrogen-bond donors (Lipinski definition) is 1. The number of aromatic nitrogens is 3. The number of aryl methyl sites for hydroxylation is 1. The third-order valence-corrected chi connectivity index (χ3v) is 2.93. The molecule has 8 nitrogen and oxygen atoms in total. The third kappa shape index (κ3) is 3.54. The van der Waals surface area contributed by atoms with Gasteiger partial charge in [0.1, 0.15) is 5.82 Å². The van der Waals surface area contributed by atoms with Crippen LogP contribution < -0.4 is 0 Å². The number of halogens is 1. The van der Waals surface area contributed by atoms with Crippen molar-refractivity contribution in [2.45, 2.75) is 13.5 Å². The van der Waals surface area contributed by atoms with Gasteiger partial charge in [0, 0.05) is 29.8 Å². The molecule has 1 amide bonds. The summed E-state index contributed by atoms with van der Waals surface area (Å²) in [5.41, 5.74) is -0.0862. The molecule has 0 unspecified atom stereocenters. The van der Waals surface area contributed by atoms with E-state index in [2.05, 4.69) is 15.2 Å². The van der Waals surface area contributed by atoms with Gasteiger partial charge < -0.3 is 4.90 Å². The maximum atomic E-state index is 12.3. The Hall–Kier alpha value is -2.48. The van der Waals surface area contributed by atoms with E-state index in [0.717, 1.165) is 0 Å². The fourth-order valence-electron chi connectivity index (χ4n) is 1.77. The van der Waals surface area contributed by atoms with Crippen LogP contribution in [0.1, 0.15) is 22.0 Å². The van der Waals surface area contributed by atoms with Crippen LogP contribution in [0.5, 0.6) is 0 Å². The average molecular weight is 310 g/mol. The lowest BCUT2D eigenvalue weighted by atomic mass is 10.2. The first-order chi connectivity index (χ1) is 9.86. The van der Waals surface area contributed by atoms with Crippen LogP contribution in [0.2, 0.25) is 5.02 Å². The number of H-pyrrole nitrogens is 1. The van der Waals surface area contributed by atoms with Gasteiger partial charge in [-0.15, -0.1) is 0 Å². The fourth-order valence-corrected chi connectivity index (χ4v) is 2.00. The zero-order valence-electron chi connectivity index (χ0n) is 11.3. The minimum Gasteiger partial charge on any atom is -0.334 e. The van der Waals surface area contributed by atoms with Gasteiger partial charge in [-0.3, -0.25) is 20.0 Å². The van der Waals surface area contributed by atoms with Gasteiger partial charge in [-0.05, 0) is 13.0 Å². The molecule has 110 valence electrons. The first kappa shape index (κ1) is 14.9. The van der Waals surface area contributed by atoms with E-state index in [0.29, 0.717) is 11.6 Å². The average Bonchev–Trinajstić information content (AvgIpc) is 2.82. The number of amides is 1. The Morgan fingerprint density at radius 1 is 1.48 bits per heavy atom. The number of carbonyl (C=O) groups is 1. The lowest BCUT2D eigenvalue weighted by Gasteiger charge is -2.15. The molecule has 0 aliphatic heterocycles. The van der Waals surface area contributed by atoms with Crippen molar-refractivity contribution in [3.63, 3.8) is 0 Å². The van der Waals surface area contributed by atoms with E-state index in [9.17, 15) is 14.9 Å². The Morgan fingerprint density at radius 3 is 2.76 bits per heavy atom. The first-order valence-corrected chi connectivity index (χ1v) is 6.33. The van der Waals surface area contributed by atoms with Crippen molar-refractivity contribution in [3.8, 4) is 0 Å². The van der Waals surface area contributed by atoms with Crippen molar-refractivity contribution in [1.29, 1.82) is 0 Å². The Bertz CT molecular complexity index is 700. The predicted molar refractivity (Wildman–Crippen MR) is 75.0 cm³/mol. The molecule has 0 aliphatic carbocycles. The summed E-state index contributed by atoms with van der Waals surface area (Å²) in [5, 5.41) is 17.5. The summed E-state index contributed by atoms with van der Waals surface area (Å²) < 4.78 is 0. The van der Waals surface area contributed by atoms with E-state index in [1.54, 1.807) is 14.0 Å². The highest BCUT2D eigenvalue weighted by molar-refractivity contribution is 6.31. The number of aromatic amines is 1. The number of hydrogen-bond acceptors (Lipinski definition) is 5. The van der Waals surface area contributed by atoms with Crippen molar-refractivity contribution in [2.24, 2.45) is 0 Å². The number of nitrogens with zero attached hydrogens (tertiary/aromatic N) is 4. The molecule has 1 aromatic carbocycles. The molecule has 2 rings (SSSR count). The van der Waals surface area contributed by atoms with Crippen LogP contribution in [-0.2, 0) is 6.54 Å². The molecule has 1 heterocycles. The maximum absolute atomic E-state index is 12.3. The molecule has 0 saturated carbocycles. The van der Waals surface area contributed by atoms with Gasteiger partial charge in [0.25, 0.3) is 11.6 Å². The van der Waals surface area contributed by atoms with Crippen LogP contribution in [-0.4, -0.2) is 38.0 Å². The number of nitro benzene ring substituents is 1. The smallest absolute Gasteiger partial charge is 0.271 e. The van der Waals surface area contributed by atoms with E-state index < -0.39 is 10.8 Å². The van der Waals surface area contributed by atoms with E-state index >= 15 is 0 Å². The molecular formula is C12H12ClN5O3. The molecule has 1 aromatic heterocycles. The van der Waals surface area contributed by atoms with Gasteiger partial charge in [-0.2, -0.15) is 5.10 Å². The maximum Gasteiger partial charge on any atom is 0.271 e. The van der Waals surface area contributed by atoms with Gasteiger partial charge in [-0.25, -0.2) is 4.98 Å². The monoisotopic (exact) mass is 309 g/mol. The second-order valence-corrected chi connectivity index (χ2v) is 4.89. The fraction of sp³-hybridized carbons (Fsp3) is 0.250. The first-order valence-electron chi connectivity index (χ1n) is 5.95.